The molecule has 6 heteroatoms. The number of hydrogen-bond donors (Lipinski definition) is 1. The predicted molar refractivity (Wildman–Crippen MR) is 64.9 cm³/mol. The molecule has 0 fully saturated rings. The van der Waals surface area contributed by atoms with Crippen LogP contribution in [0.2, 0.25) is 0 Å². The van der Waals surface area contributed by atoms with E-state index in [1.54, 1.807) is 12.1 Å². The Morgan fingerprint density at radius 1 is 1.47 bits per heavy atom. The molecule has 0 bridgehead atoms. The van der Waals surface area contributed by atoms with Crippen molar-refractivity contribution >= 4 is 11.7 Å². The average molecular weight is 234 g/mol. The van der Waals surface area contributed by atoms with Gasteiger partial charge in [-0.3, -0.25) is 4.79 Å². The molecule has 0 aliphatic heterocycles. The molecule has 0 spiro atoms. The Kier molecular flexibility index (Phi) is 4.37. The number of aliphatic carboxylic acids is 1. The number of carbonyl (C=O) groups is 1. The monoisotopic (exact) mass is 234 g/mol. The van der Waals surface area contributed by atoms with Crippen LogP contribution in [-0.2, 0) is 4.79 Å². The van der Waals surface area contributed by atoms with Gasteiger partial charge in [-0.15, -0.1) is 0 Å². The van der Waals surface area contributed by atoms with Crippen LogP contribution in [0, 0.1) is 0 Å². The molecule has 0 saturated carbocycles. The van der Waals surface area contributed by atoms with Gasteiger partial charge in [0.2, 0.25) is 0 Å². The highest BCUT2D eigenvalue weighted by molar-refractivity contribution is 5.68. The molecule has 0 aliphatic rings. The van der Waals surface area contributed by atoms with Gasteiger partial charge in [0.15, 0.2) is 0 Å². The summed E-state index contributed by atoms with van der Waals surface area (Å²) in [6, 6.07) is 6.61. The van der Waals surface area contributed by atoms with Crippen LogP contribution < -0.4 is 4.90 Å². The molecule has 6 nitrogen and oxygen atoms in total. The molecule has 17 heavy (non-hydrogen) atoms. The summed E-state index contributed by atoms with van der Waals surface area (Å²) in [6.45, 7) is 0. The van der Waals surface area contributed by atoms with Crippen LogP contribution in [0.4, 0.5) is 5.69 Å². The van der Waals surface area contributed by atoms with E-state index >= 15 is 0 Å². The number of carboxylic acids is 1. The molecule has 1 aromatic rings. The van der Waals surface area contributed by atoms with Crippen LogP contribution in [0.15, 0.2) is 29.4 Å². The van der Waals surface area contributed by atoms with Gasteiger partial charge in [-0.2, -0.15) is 0 Å². The van der Waals surface area contributed by atoms with Crippen LogP contribution >= 0.6 is 0 Å². The lowest BCUT2D eigenvalue weighted by atomic mass is 10.0. The first-order valence-electron chi connectivity index (χ1n) is 5.08. The molecule has 1 rings (SSSR count). The maximum Gasteiger partial charge on any atom is 0.304 e. The Bertz CT molecular complexity index is 435. The summed E-state index contributed by atoms with van der Waals surface area (Å²) in [5.41, 5.74) is 10.1. The molecule has 0 heterocycles. The lowest BCUT2D eigenvalue weighted by Crippen LogP contribution is -2.09. The number of benzene rings is 1. The van der Waals surface area contributed by atoms with Gasteiger partial charge >= 0.3 is 5.97 Å². The van der Waals surface area contributed by atoms with Gasteiger partial charge in [0.25, 0.3) is 0 Å². The number of nitrogens with zero attached hydrogens (tertiary/aromatic N) is 4. The van der Waals surface area contributed by atoms with E-state index in [1.807, 2.05) is 31.1 Å². The minimum absolute atomic E-state index is 0.203. The van der Waals surface area contributed by atoms with E-state index in [-0.39, 0.29) is 6.42 Å². The molecular formula is C11H14N4O2. The van der Waals surface area contributed by atoms with E-state index in [1.165, 1.54) is 0 Å². The van der Waals surface area contributed by atoms with Crippen molar-refractivity contribution in [3.63, 3.8) is 0 Å². The lowest BCUT2D eigenvalue weighted by Gasteiger charge is -2.14. The van der Waals surface area contributed by atoms with Crippen LogP contribution in [0.3, 0.4) is 0 Å². The molecule has 1 atom stereocenters. The largest absolute Gasteiger partial charge is 0.481 e. The van der Waals surface area contributed by atoms with Gasteiger partial charge < -0.3 is 10.0 Å². The van der Waals surface area contributed by atoms with Crippen LogP contribution in [0.25, 0.3) is 10.4 Å². The number of carboxylic acid groups (broad SMARTS) is 1. The van der Waals surface area contributed by atoms with Crippen molar-refractivity contribution in [3.05, 3.63) is 40.3 Å². The van der Waals surface area contributed by atoms with Crippen molar-refractivity contribution in [1.82, 2.24) is 0 Å². The summed E-state index contributed by atoms with van der Waals surface area (Å²) < 4.78 is 0. The number of rotatable bonds is 5. The van der Waals surface area contributed by atoms with Crippen molar-refractivity contribution in [2.75, 3.05) is 19.0 Å². The quantitative estimate of drug-likeness (QED) is 0.482. The molecule has 1 N–H and O–H groups in total. The highest BCUT2D eigenvalue weighted by Crippen LogP contribution is 2.23. The fourth-order valence-electron chi connectivity index (χ4n) is 1.45. The molecule has 0 saturated heterocycles. The second-order valence-corrected chi connectivity index (χ2v) is 3.80. The van der Waals surface area contributed by atoms with E-state index in [2.05, 4.69) is 10.0 Å². The summed E-state index contributed by atoms with van der Waals surface area (Å²) in [7, 11) is 3.83. The van der Waals surface area contributed by atoms with Gasteiger partial charge in [0, 0.05) is 24.7 Å². The van der Waals surface area contributed by atoms with E-state index < -0.39 is 12.0 Å². The second kappa shape index (κ2) is 5.77. The van der Waals surface area contributed by atoms with Crippen molar-refractivity contribution < 1.29 is 9.90 Å². The van der Waals surface area contributed by atoms with E-state index in [0.29, 0.717) is 5.56 Å². The van der Waals surface area contributed by atoms with Crippen LogP contribution in [-0.4, -0.2) is 25.2 Å². The fourth-order valence-corrected chi connectivity index (χ4v) is 1.45. The van der Waals surface area contributed by atoms with Gasteiger partial charge in [0.05, 0.1) is 12.5 Å². The smallest absolute Gasteiger partial charge is 0.304 e. The lowest BCUT2D eigenvalue weighted by molar-refractivity contribution is -0.137. The summed E-state index contributed by atoms with van der Waals surface area (Å²) in [5.74, 6) is -0.987. The Morgan fingerprint density at radius 3 is 2.47 bits per heavy atom. The summed E-state index contributed by atoms with van der Waals surface area (Å²) in [5, 5.41) is 12.2. The Labute approximate surface area is 99.1 Å². The van der Waals surface area contributed by atoms with Gasteiger partial charge in [-0.25, -0.2) is 0 Å². The third-order valence-electron chi connectivity index (χ3n) is 2.35. The first-order valence-corrected chi connectivity index (χ1v) is 5.08. The molecule has 0 amide bonds. The first kappa shape index (κ1) is 12.9. The maximum atomic E-state index is 10.6. The van der Waals surface area contributed by atoms with Gasteiger partial charge in [-0.05, 0) is 23.2 Å². The fraction of sp³-hybridized carbons (Fsp3) is 0.364. The second-order valence-electron chi connectivity index (χ2n) is 3.80. The van der Waals surface area contributed by atoms with Crippen LogP contribution in [0.1, 0.15) is 18.0 Å². The highest BCUT2D eigenvalue weighted by atomic mass is 16.4. The maximum absolute atomic E-state index is 10.6. The summed E-state index contributed by atoms with van der Waals surface area (Å²) in [6.07, 6.45) is -0.203. The Morgan fingerprint density at radius 2 is 2.06 bits per heavy atom. The van der Waals surface area contributed by atoms with Crippen molar-refractivity contribution in [2.24, 2.45) is 5.11 Å². The summed E-state index contributed by atoms with van der Waals surface area (Å²) >= 11 is 0. The number of azide groups is 1. The predicted octanol–water partition coefficient (Wildman–Crippen LogP) is 2.58. The third-order valence-corrected chi connectivity index (χ3v) is 2.35. The zero-order valence-electron chi connectivity index (χ0n) is 9.74. The molecule has 0 aliphatic carbocycles. The summed E-state index contributed by atoms with van der Waals surface area (Å²) in [4.78, 5) is 15.2. The van der Waals surface area contributed by atoms with Gasteiger partial charge in [0.1, 0.15) is 0 Å². The normalized spacial score (nSPS) is 11.4. The van der Waals surface area contributed by atoms with Crippen molar-refractivity contribution in [2.45, 2.75) is 12.5 Å². The molecule has 1 unspecified atom stereocenters. The Hall–Kier alpha value is -2.20. The zero-order chi connectivity index (χ0) is 12.8. The zero-order valence-corrected chi connectivity index (χ0v) is 9.74. The average Bonchev–Trinajstić information content (AvgIpc) is 2.28. The van der Waals surface area contributed by atoms with E-state index in [9.17, 15) is 4.79 Å². The van der Waals surface area contributed by atoms with E-state index in [4.69, 9.17) is 10.6 Å². The van der Waals surface area contributed by atoms with E-state index in [0.717, 1.165) is 5.69 Å². The molecule has 90 valence electrons. The Balaban J connectivity index is 2.94. The standard InChI is InChI=1S/C11H14N4O2/c1-15(2)9-5-3-8(4-6-9)10(13-14-12)7-11(16)17/h3-6,10H,7H2,1-2H3,(H,16,17). The van der Waals surface area contributed by atoms with Crippen molar-refractivity contribution in [3.8, 4) is 0 Å². The van der Waals surface area contributed by atoms with Crippen LogP contribution in [0.5, 0.6) is 0 Å². The molecule has 1 aromatic carbocycles. The third kappa shape index (κ3) is 3.70. The number of anilines is 1. The van der Waals surface area contributed by atoms with Crippen molar-refractivity contribution in [1.29, 1.82) is 0 Å². The van der Waals surface area contributed by atoms with Gasteiger partial charge in [-0.1, -0.05) is 17.2 Å². The topological polar surface area (TPSA) is 89.3 Å². The SMILES string of the molecule is CN(C)c1ccc(C(CC(=O)O)N=[N+]=[N-])cc1. The minimum Gasteiger partial charge on any atom is -0.481 e. The number of hydrogen-bond acceptors (Lipinski definition) is 3. The first-order chi connectivity index (χ1) is 8.04. The molecule has 0 radical (unpaired) electrons. The molecular weight excluding hydrogens is 220 g/mol. The highest BCUT2D eigenvalue weighted by Gasteiger charge is 2.13. The molecule has 0 aromatic heterocycles. The minimum atomic E-state index is -0.987.